The molecule has 0 atom stereocenters. The molecule has 0 bridgehead atoms. The number of aromatic nitrogens is 3. The number of nitrogens with zero attached hydrogens (tertiary/aromatic N) is 3. The molecule has 0 aliphatic heterocycles. The Hall–Kier alpha value is -0.980. The molecule has 8 heteroatoms. The lowest BCUT2D eigenvalue weighted by Crippen LogP contribution is -2.32. The molecule has 2 rings (SSSR count). The van der Waals surface area contributed by atoms with Gasteiger partial charge in [-0.25, -0.2) is 18.7 Å². The molecule has 0 amide bonds. The Bertz CT molecular complexity index is 555. The largest absolute Gasteiger partial charge is 0.338 e. The Labute approximate surface area is 105 Å². The number of fused-ring (bicyclic) bond motifs is 1. The van der Waals surface area contributed by atoms with E-state index in [1.54, 1.807) is 6.07 Å². The Kier molecular flexibility index (Phi) is 3.20. The standard InChI is InChI=1S/C9H8Cl2F2N4/c10-7-6-5(15-8(11)16-7)1-2-17(6)4-9(12,13)3-14/h1-2H,3-4,14H2. The van der Waals surface area contributed by atoms with Crippen LogP contribution in [0.2, 0.25) is 10.4 Å². The predicted molar refractivity (Wildman–Crippen MR) is 61.5 cm³/mol. The molecule has 0 aliphatic carbocycles. The van der Waals surface area contributed by atoms with Crippen LogP contribution in [0.3, 0.4) is 0 Å². The summed E-state index contributed by atoms with van der Waals surface area (Å²) in [5.41, 5.74) is 5.72. The smallest absolute Gasteiger partial charge is 0.277 e. The molecule has 17 heavy (non-hydrogen) atoms. The minimum atomic E-state index is -3.01. The highest BCUT2D eigenvalue weighted by atomic mass is 35.5. The number of nitrogens with two attached hydrogens (primary N) is 1. The first kappa shape index (κ1) is 12.5. The zero-order valence-corrected chi connectivity index (χ0v) is 10.0. The first-order chi connectivity index (χ1) is 7.93. The van der Waals surface area contributed by atoms with Gasteiger partial charge in [0.25, 0.3) is 5.92 Å². The number of alkyl halides is 2. The van der Waals surface area contributed by atoms with Crippen LogP contribution in [-0.4, -0.2) is 27.0 Å². The van der Waals surface area contributed by atoms with E-state index in [4.69, 9.17) is 28.9 Å². The topological polar surface area (TPSA) is 56.7 Å². The second kappa shape index (κ2) is 4.36. The highest BCUT2D eigenvalue weighted by Crippen LogP contribution is 2.25. The zero-order valence-electron chi connectivity index (χ0n) is 8.50. The van der Waals surface area contributed by atoms with Crippen LogP contribution in [0.4, 0.5) is 8.78 Å². The van der Waals surface area contributed by atoms with Gasteiger partial charge in [-0.15, -0.1) is 0 Å². The van der Waals surface area contributed by atoms with Crippen LogP contribution in [0.15, 0.2) is 12.3 Å². The SMILES string of the molecule is NCC(F)(F)Cn1ccc2nc(Cl)nc(Cl)c21. The van der Waals surface area contributed by atoms with E-state index in [1.807, 2.05) is 0 Å². The fourth-order valence-corrected chi connectivity index (χ4v) is 1.98. The third-order valence-corrected chi connectivity index (χ3v) is 2.67. The summed E-state index contributed by atoms with van der Waals surface area (Å²) < 4.78 is 27.7. The molecule has 2 N–H and O–H groups in total. The minimum absolute atomic E-state index is 0.0224. The van der Waals surface area contributed by atoms with Gasteiger partial charge in [-0.1, -0.05) is 11.6 Å². The maximum Gasteiger partial charge on any atom is 0.277 e. The van der Waals surface area contributed by atoms with Crippen molar-refractivity contribution >= 4 is 34.2 Å². The molecular formula is C9H8Cl2F2N4. The van der Waals surface area contributed by atoms with E-state index >= 15 is 0 Å². The summed E-state index contributed by atoms with van der Waals surface area (Å²) in [6.45, 7) is -1.31. The van der Waals surface area contributed by atoms with Gasteiger partial charge >= 0.3 is 0 Å². The lowest BCUT2D eigenvalue weighted by Gasteiger charge is -2.15. The highest BCUT2D eigenvalue weighted by molar-refractivity contribution is 6.35. The van der Waals surface area contributed by atoms with Gasteiger partial charge in [-0.2, -0.15) is 0 Å². The summed E-state index contributed by atoms with van der Waals surface area (Å²) in [5, 5.41) is 0.0173. The third-order valence-electron chi connectivity index (χ3n) is 2.24. The van der Waals surface area contributed by atoms with Crippen molar-refractivity contribution < 1.29 is 8.78 Å². The van der Waals surface area contributed by atoms with E-state index in [9.17, 15) is 8.78 Å². The molecule has 0 fully saturated rings. The summed E-state index contributed by atoms with van der Waals surface area (Å²) in [7, 11) is 0. The van der Waals surface area contributed by atoms with E-state index in [-0.39, 0.29) is 10.4 Å². The summed E-state index contributed by atoms with van der Waals surface area (Å²) >= 11 is 11.5. The van der Waals surface area contributed by atoms with Crippen molar-refractivity contribution in [1.82, 2.24) is 14.5 Å². The molecule has 0 radical (unpaired) electrons. The van der Waals surface area contributed by atoms with Gasteiger partial charge < -0.3 is 10.3 Å². The fourth-order valence-electron chi connectivity index (χ4n) is 1.48. The Morgan fingerprint density at radius 2 is 2.06 bits per heavy atom. The first-order valence-corrected chi connectivity index (χ1v) is 5.44. The van der Waals surface area contributed by atoms with Crippen molar-refractivity contribution in [3.63, 3.8) is 0 Å². The van der Waals surface area contributed by atoms with Crippen molar-refractivity contribution in [3.8, 4) is 0 Å². The molecule has 0 saturated heterocycles. The van der Waals surface area contributed by atoms with Crippen LogP contribution in [0.5, 0.6) is 0 Å². The normalized spacial score (nSPS) is 12.3. The second-order valence-electron chi connectivity index (χ2n) is 3.52. The Balaban J connectivity index is 2.50. The van der Waals surface area contributed by atoms with Crippen molar-refractivity contribution in [2.45, 2.75) is 12.5 Å². The van der Waals surface area contributed by atoms with Crippen LogP contribution in [0.1, 0.15) is 0 Å². The van der Waals surface area contributed by atoms with Crippen LogP contribution >= 0.6 is 23.2 Å². The number of halogens is 4. The van der Waals surface area contributed by atoms with Crippen LogP contribution in [-0.2, 0) is 6.54 Å². The molecule has 92 valence electrons. The van der Waals surface area contributed by atoms with E-state index in [2.05, 4.69) is 9.97 Å². The number of hydrogen-bond acceptors (Lipinski definition) is 3. The maximum absolute atomic E-state index is 13.2. The van der Waals surface area contributed by atoms with E-state index in [1.165, 1.54) is 10.8 Å². The van der Waals surface area contributed by atoms with Crippen molar-refractivity contribution in [2.24, 2.45) is 5.73 Å². The zero-order chi connectivity index (χ0) is 12.6. The van der Waals surface area contributed by atoms with Crippen LogP contribution in [0.25, 0.3) is 11.0 Å². The van der Waals surface area contributed by atoms with Crippen LogP contribution in [0, 0.1) is 0 Å². The Morgan fingerprint density at radius 3 is 2.71 bits per heavy atom. The van der Waals surface area contributed by atoms with Gasteiger partial charge in [0.2, 0.25) is 5.28 Å². The molecule has 0 aliphatic rings. The van der Waals surface area contributed by atoms with Crippen LogP contribution < -0.4 is 5.73 Å². The summed E-state index contributed by atoms with van der Waals surface area (Å²) in [4.78, 5) is 7.60. The number of hydrogen-bond donors (Lipinski definition) is 1. The predicted octanol–water partition coefficient (Wildman–Crippen LogP) is 2.33. The lowest BCUT2D eigenvalue weighted by molar-refractivity contribution is -0.00547. The van der Waals surface area contributed by atoms with Crippen molar-refractivity contribution in [2.75, 3.05) is 6.54 Å². The van der Waals surface area contributed by atoms with Gasteiger partial charge in [-0.05, 0) is 17.7 Å². The second-order valence-corrected chi connectivity index (χ2v) is 4.22. The molecule has 0 saturated carbocycles. The molecule has 2 heterocycles. The van der Waals surface area contributed by atoms with E-state index in [0.29, 0.717) is 11.0 Å². The first-order valence-electron chi connectivity index (χ1n) is 4.69. The molecule has 0 unspecified atom stereocenters. The maximum atomic E-state index is 13.2. The van der Waals surface area contributed by atoms with E-state index in [0.717, 1.165) is 0 Å². The fraction of sp³-hybridized carbons (Fsp3) is 0.333. The van der Waals surface area contributed by atoms with Gasteiger partial charge in [-0.3, -0.25) is 0 Å². The summed E-state index contributed by atoms with van der Waals surface area (Å²) in [5.74, 6) is -3.01. The third kappa shape index (κ3) is 2.48. The van der Waals surface area contributed by atoms with E-state index < -0.39 is 19.0 Å². The molecular weight excluding hydrogens is 273 g/mol. The molecule has 0 spiro atoms. The average molecular weight is 281 g/mol. The quantitative estimate of drug-likeness (QED) is 0.694. The lowest BCUT2D eigenvalue weighted by atomic mass is 10.3. The van der Waals surface area contributed by atoms with Gasteiger partial charge in [0, 0.05) is 6.20 Å². The van der Waals surface area contributed by atoms with Crippen molar-refractivity contribution in [3.05, 3.63) is 22.7 Å². The molecule has 2 aromatic rings. The Morgan fingerprint density at radius 1 is 1.35 bits per heavy atom. The monoisotopic (exact) mass is 280 g/mol. The van der Waals surface area contributed by atoms with Gasteiger partial charge in [0.05, 0.1) is 18.6 Å². The highest BCUT2D eigenvalue weighted by Gasteiger charge is 2.28. The molecule has 0 aromatic carbocycles. The average Bonchev–Trinajstić information content (AvgIpc) is 2.60. The van der Waals surface area contributed by atoms with Gasteiger partial charge in [0.15, 0.2) is 5.15 Å². The summed E-state index contributed by atoms with van der Waals surface area (Å²) in [6, 6.07) is 1.54. The van der Waals surface area contributed by atoms with Gasteiger partial charge in [0.1, 0.15) is 5.52 Å². The number of rotatable bonds is 3. The molecule has 4 nitrogen and oxygen atoms in total. The molecule has 2 aromatic heterocycles. The summed E-state index contributed by atoms with van der Waals surface area (Å²) in [6.07, 6.45) is 1.45. The minimum Gasteiger partial charge on any atom is -0.338 e. The van der Waals surface area contributed by atoms with Crippen molar-refractivity contribution in [1.29, 1.82) is 0 Å².